The van der Waals surface area contributed by atoms with Crippen molar-refractivity contribution in [1.82, 2.24) is 15.1 Å². The van der Waals surface area contributed by atoms with E-state index in [1.807, 2.05) is 13.0 Å². The van der Waals surface area contributed by atoms with E-state index in [0.29, 0.717) is 12.2 Å². The van der Waals surface area contributed by atoms with Gasteiger partial charge in [0, 0.05) is 20.2 Å². The summed E-state index contributed by atoms with van der Waals surface area (Å²) in [5, 5.41) is 15.8. The molecule has 1 amide bonds. The molecule has 0 aliphatic rings. The van der Waals surface area contributed by atoms with Gasteiger partial charge in [-0.2, -0.15) is 5.10 Å². The lowest BCUT2D eigenvalue weighted by molar-refractivity contribution is 0.0943. The topological polar surface area (TPSA) is 67.2 Å². The molecule has 1 aromatic heterocycles. The summed E-state index contributed by atoms with van der Waals surface area (Å²) in [5.41, 5.74) is 1.55. The third-order valence-corrected chi connectivity index (χ3v) is 2.90. The first-order valence-electron chi connectivity index (χ1n) is 6.61. The Morgan fingerprint density at radius 2 is 2.11 bits per heavy atom. The van der Waals surface area contributed by atoms with Crippen LogP contribution in [0.15, 0.2) is 6.07 Å². The zero-order valence-electron chi connectivity index (χ0n) is 11.3. The molecule has 0 spiro atoms. The summed E-state index contributed by atoms with van der Waals surface area (Å²) >= 11 is 0. The van der Waals surface area contributed by atoms with Crippen molar-refractivity contribution < 1.29 is 9.90 Å². The molecule has 0 bridgehead atoms. The molecule has 0 saturated heterocycles. The van der Waals surface area contributed by atoms with Gasteiger partial charge in [-0.15, -0.1) is 0 Å². The summed E-state index contributed by atoms with van der Waals surface area (Å²) < 4.78 is 1.62. The minimum Gasteiger partial charge on any atom is -0.396 e. The van der Waals surface area contributed by atoms with Gasteiger partial charge >= 0.3 is 0 Å². The number of aliphatic hydroxyl groups excluding tert-OH is 1. The van der Waals surface area contributed by atoms with Gasteiger partial charge in [0.15, 0.2) is 0 Å². The predicted octanol–water partition coefficient (Wildman–Crippen LogP) is 1.26. The van der Waals surface area contributed by atoms with Crippen LogP contribution in [0.1, 0.15) is 48.8 Å². The number of hydrogen-bond acceptors (Lipinski definition) is 3. The van der Waals surface area contributed by atoms with Crippen molar-refractivity contribution in [2.24, 2.45) is 7.05 Å². The molecular formula is C13H23N3O2. The summed E-state index contributed by atoms with van der Waals surface area (Å²) in [4.78, 5) is 11.9. The van der Waals surface area contributed by atoms with Crippen LogP contribution in [-0.2, 0) is 13.5 Å². The molecule has 0 saturated carbocycles. The Bertz CT molecular complexity index is 374. The maximum absolute atomic E-state index is 11.9. The maximum Gasteiger partial charge on any atom is 0.269 e. The third kappa shape index (κ3) is 4.49. The number of nitrogens with zero attached hydrogens (tertiary/aromatic N) is 2. The Morgan fingerprint density at radius 3 is 2.72 bits per heavy atom. The minimum atomic E-state index is -0.0631. The molecule has 0 atom stereocenters. The molecule has 0 radical (unpaired) electrons. The van der Waals surface area contributed by atoms with Crippen molar-refractivity contribution in [3.8, 4) is 0 Å². The number of hydrogen-bond donors (Lipinski definition) is 2. The number of nitrogens with one attached hydrogen (secondary N) is 1. The SMILES string of the molecule is CCc1cc(C(=O)NCCCCCCO)n(C)n1. The van der Waals surface area contributed by atoms with Gasteiger partial charge in [0.1, 0.15) is 5.69 Å². The fourth-order valence-electron chi connectivity index (χ4n) is 1.79. The Morgan fingerprint density at radius 1 is 1.39 bits per heavy atom. The van der Waals surface area contributed by atoms with Crippen LogP contribution in [0, 0.1) is 0 Å². The summed E-state index contributed by atoms with van der Waals surface area (Å²) in [7, 11) is 1.79. The number of amides is 1. The fourth-order valence-corrected chi connectivity index (χ4v) is 1.79. The first-order valence-corrected chi connectivity index (χ1v) is 6.61. The van der Waals surface area contributed by atoms with Crippen molar-refractivity contribution in [2.75, 3.05) is 13.2 Å². The van der Waals surface area contributed by atoms with E-state index >= 15 is 0 Å². The molecular weight excluding hydrogens is 230 g/mol. The molecule has 1 rings (SSSR count). The summed E-state index contributed by atoms with van der Waals surface area (Å²) in [6, 6.07) is 1.83. The third-order valence-electron chi connectivity index (χ3n) is 2.90. The van der Waals surface area contributed by atoms with Crippen LogP contribution in [0.2, 0.25) is 0 Å². The van der Waals surface area contributed by atoms with Gasteiger partial charge in [0.05, 0.1) is 5.69 Å². The first kappa shape index (κ1) is 14.7. The molecule has 2 N–H and O–H groups in total. The van der Waals surface area contributed by atoms with Crippen molar-refractivity contribution >= 4 is 5.91 Å². The van der Waals surface area contributed by atoms with Gasteiger partial charge < -0.3 is 10.4 Å². The van der Waals surface area contributed by atoms with Crippen molar-refractivity contribution in [2.45, 2.75) is 39.0 Å². The van der Waals surface area contributed by atoms with E-state index in [0.717, 1.165) is 37.8 Å². The number of carbonyl (C=O) groups is 1. The van der Waals surface area contributed by atoms with E-state index < -0.39 is 0 Å². The van der Waals surface area contributed by atoms with Gasteiger partial charge in [-0.25, -0.2) is 0 Å². The largest absolute Gasteiger partial charge is 0.396 e. The van der Waals surface area contributed by atoms with E-state index in [2.05, 4.69) is 10.4 Å². The Kier molecular flexibility index (Phi) is 6.43. The molecule has 0 fully saturated rings. The number of aromatic nitrogens is 2. The minimum absolute atomic E-state index is 0.0631. The number of rotatable bonds is 8. The quantitative estimate of drug-likeness (QED) is 0.685. The smallest absolute Gasteiger partial charge is 0.269 e. The highest BCUT2D eigenvalue weighted by atomic mass is 16.2. The summed E-state index contributed by atoms with van der Waals surface area (Å²) in [6.07, 6.45) is 4.67. The fraction of sp³-hybridized carbons (Fsp3) is 0.692. The number of unbranched alkanes of at least 4 members (excludes halogenated alkanes) is 3. The van der Waals surface area contributed by atoms with Crippen molar-refractivity contribution in [3.05, 3.63) is 17.5 Å². The average Bonchev–Trinajstić information content (AvgIpc) is 2.75. The van der Waals surface area contributed by atoms with Crippen LogP contribution in [-0.4, -0.2) is 33.9 Å². The zero-order chi connectivity index (χ0) is 13.4. The van der Waals surface area contributed by atoms with Gasteiger partial charge in [0.2, 0.25) is 0 Å². The molecule has 102 valence electrons. The Labute approximate surface area is 108 Å². The summed E-state index contributed by atoms with van der Waals surface area (Å²) in [5.74, 6) is -0.0631. The molecule has 5 nitrogen and oxygen atoms in total. The lowest BCUT2D eigenvalue weighted by Gasteiger charge is -2.04. The normalized spacial score (nSPS) is 10.6. The predicted molar refractivity (Wildman–Crippen MR) is 70.5 cm³/mol. The van der Waals surface area contributed by atoms with Crippen LogP contribution in [0.4, 0.5) is 0 Å². The Hall–Kier alpha value is -1.36. The monoisotopic (exact) mass is 253 g/mol. The number of carbonyl (C=O) groups excluding carboxylic acids is 1. The van der Waals surface area contributed by atoms with Gasteiger partial charge in [-0.1, -0.05) is 19.8 Å². The van der Waals surface area contributed by atoms with E-state index in [1.165, 1.54) is 0 Å². The van der Waals surface area contributed by atoms with Gasteiger partial charge in [0.25, 0.3) is 5.91 Å². The van der Waals surface area contributed by atoms with Crippen LogP contribution >= 0.6 is 0 Å². The highest BCUT2D eigenvalue weighted by Gasteiger charge is 2.11. The highest BCUT2D eigenvalue weighted by Crippen LogP contribution is 2.04. The molecule has 0 aliphatic carbocycles. The molecule has 0 aromatic carbocycles. The van der Waals surface area contributed by atoms with Crippen molar-refractivity contribution in [1.29, 1.82) is 0 Å². The second kappa shape index (κ2) is 7.87. The number of aliphatic hydroxyl groups is 1. The number of aryl methyl sites for hydroxylation is 2. The van der Waals surface area contributed by atoms with Crippen LogP contribution in [0.5, 0.6) is 0 Å². The summed E-state index contributed by atoms with van der Waals surface area (Å²) in [6.45, 7) is 2.95. The molecule has 5 heteroatoms. The standard InChI is InChI=1S/C13H23N3O2/c1-3-11-10-12(16(2)15-11)13(18)14-8-6-4-5-7-9-17/h10,17H,3-9H2,1-2H3,(H,14,18). The van der Waals surface area contributed by atoms with E-state index in [9.17, 15) is 4.79 Å². The van der Waals surface area contributed by atoms with Gasteiger partial charge in [-0.05, 0) is 25.3 Å². The highest BCUT2D eigenvalue weighted by molar-refractivity contribution is 5.92. The zero-order valence-corrected chi connectivity index (χ0v) is 11.3. The Balaban J connectivity index is 2.29. The van der Waals surface area contributed by atoms with Gasteiger partial charge in [-0.3, -0.25) is 9.48 Å². The van der Waals surface area contributed by atoms with Crippen LogP contribution in [0.3, 0.4) is 0 Å². The van der Waals surface area contributed by atoms with E-state index in [1.54, 1.807) is 11.7 Å². The lowest BCUT2D eigenvalue weighted by atomic mass is 10.2. The van der Waals surface area contributed by atoms with Crippen molar-refractivity contribution in [3.63, 3.8) is 0 Å². The second-order valence-electron chi connectivity index (χ2n) is 4.39. The molecule has 18 heavy (non-hydrogen) atoms. The first-order chi connectivity index (χ1) is 8.69. The van der Waals surface area contributed by atoms with E-state index in [4.69, 9.17) is 5.11 Å². The maximum atomic E-state index is 11.9. The van der Waals surface area contributed by atoms with E-state index in [-0.39, 0.29) is 12.5 Å². The second-order valence-corrected chi connectivity index (χ2v) is 4.39. The van der Waals surface area contributed by atoms with Crippen LogP contribution in [0.25, 0.3) is 0 Å². The molecule has 0 aliphatic heterocycles. The molecule has 1 aromatic rings. The molecule has 1 heterocycles. The lowest BCUT2D eigenvalue weighted by Crippen LogP contribution is -2.26. The molecule has 0 unspecified atom stereocenters. The van der Waals surface area contributed by atoms with Crippen LogP contribution < -0.4 is 5.32 Å². The average molecular weight is 253 g/mol.